The van der Waals surface area contributed by atoms with Crippen molar-refractivity contribution in [1.29, 1.82) is 5.26 Å². The van der Waals surface area contributed by atoms with Crippen LogP contribution in [0.15, 0.2) is 59.8 Å². The molecule has 0 spiro atoms. The lowest BCUT2D eigenvalue weighted by molar-refractivity contribution is -0.150. The number of allylic oxidation sites excluding steroid dienone is 1. The lowest BCUT2D eigenvalue weighted by Crippen LogP contribution is -2.51. The van der Waals surface area contributed by atoms with E-state index in [1.54, 1.807) is 36.1 Å². The number of nitrogens with zero attached hydrogens (tertiary/aromatic N) is 3. The third-order valence-corrected chi connectivity index (χ3v) is 6.92. The molecule has 0 bridgehead atoms. The minimum atomic E-state index is -4.62. The van der Waals surface area contributed by atoms with Gasteiger partial charge < -0.3 is 15.0 Å². The highest BCUT2D eigenvalue weighted by Gasteiger charge is 2.40. The van der Waals surface area contributed by atoms with Gasteiger partial charge in [-0.1, -0.05) is 18.2 Å². The second-order valence-electron chi connectivity index (χ2n) is 9.32. The molecule has 8 nitrogen and oxygen atoms in total. The van der Waals surface area contributed by atoms with Crippen LogP contribution in [0.2, 0.25) is 0 Å². The van der Waals surface area contributed by atoms with Gasteiger partial charge in [-0.25, -0.2) is 4.79 Å². The van der Waals surface area contributed by atoms with E-state index in [1.807, 2.05) is 6.07 Å². The molecule has 2 heterocycles. The summed E-state index contributed by atoms with van der Waals surface area (Å²) in [5.41, 5.74) is 0.334. The van der Waals surface area contributed by atoms with Crippen molar-refractivity contribution in [3.63, 3.8) is 0 Å². The summed E-state index contributed by atoms with van der Waals surface area (Å²) in [6.45, 7) is 4.06. The lowest BCUT2D eigenvalue weighted by Gasteiger charge is -2.39. The van der Waals surface area contributed by atoms with Crippen molar-refractivity contribution in [2.24, 2.45) is 5.92 Å². The largest absolute Gasteiger partial charge is 0.466 e. The van der Waals surface area contributed by atoms with Crippen LogP contribution in [0, 0.1) is 17.2 Å². The lowest BCUT2D eigenvalue weighted by atomic mass is 9.91. The summed E-state index contributed by atoms with van der Waals surface area (Å²) in [4.78, 5) is 42.0. The average Bonchev–Trinajstić information content (AvgIpc) is 2.92. The zero-order chi connectivity index (χ0) is 28.3. The van der Waals surface area contributed by atoms with Crippen molar-refractivity contribution in [3.8, 4) is 6.07 Å². The summed E-state index contributed by atoms with van der Waals surface area (Å²) in [5.74, 6) is -1.04. The molecule has 1 N–H and O–H groups in total. The summed E-state index contributed by atoms with van der Waals surface area (Å²) < 4.78 is 45.3. The van der Waals surface area contributed by atoms with Gasteiger partial charge in [-0.2, -0.15) is 18.4 Å². The molecule has 204 valence electrons. The summed E-state index contributed by atoms with van der Waals surface area (Å²) in [6.07, 6.45) is -3.81. The maximum Gasteiger partial charge on any atom is 0.416 e. The SMILES string of the molecule is CCOC(=O)C1CCN(C(=O)C2=C(C)N(c3cccc(C(F)(F)F)c3)C(=O)NC2c2ccc(C#N)cc2)CC1. The molecule has 11 heteroatoms. The van der Waals surface area contributed by atoms with Gasteiger partial charge in [0, 0.05) is 18.8 Å². The monoisotopic (exact) mass is 540 g/mol. The molecule has 1 unspecified atom stereocenters. The van der Waals surface area contributed by atoms with E-state index < -0.39 is 29.7 Å². The van der Waals surface area contributed by atoms with Crippen LogP contribution in [0.1, 0.15) is 49.4 Å². The summed E-state index contributed by atoms with van der Waals surface area (Å²) in [5, 5.41) is 11.9. The fourth-order valence-electron chi connectivity index (χ4n) is 4.90. The summed E-state index contributed by atoms with van der Waals surface area (Å²) in [7, 11) is 0. The topological polar surface area (TPSA) is 103 Å². The number of nitriles is 1. The zero-order valence-electron chi connectivity index (χ0n) is 21.4. The number of hydrogen-bond acceptors (Lipinski definition) is 5. The highest BCUT2D eigenvalue weighted by Crippen LogP contribution is 2.37. The number of hydrogen-bond donors (Lipinski definition) is 1. The third-order valence-electron chi connectivity index (χ3n) is 6.92. The fourth-order valence-corrected chi connectivity index (χ4v) is 4.90. The van der Waals surface area contributed by atoms with Crippen molar-refractivity contribution in [1.82, 2.24) is 10.2 Å². The number of rotatable bonds is 5. The Labute approximate surface area is 223 Å². The fraction of sp³-hybridized carbons (Fsp3) is 0.357. The molecule has 0 aromatic heterocycles. The molecule has 2 aliphatic heterocycles. The van der Waals surface area contributed by atoms with Crippen LogP contribution in [0.3, 0.4) is 0 Å². The van der Waals surface area contributed by atoms with E-state index >= 15 is 0 Å². The van der Waals surface area contributed by atoms with E-state index in [9.17, 15) is 27.6 Å². The molecule has 0 aliphatic carbocycles. The Kier molecular flexibility index (Phi) is 7.95. The molecular weight excluding hydrogens is 513 g/mol. The minimum Gasteiger partial charge on any atom is -0.466 e. The van der Waals surface area contributed by atoms with Gasteiger partial charge in [0.2, 0.25) is 0 Å². The van der Waals surface area contributed by atoms with Crippen LogP contribution >= 0.6 is 0 Å². The normalized spacial score (nSPS) is 18.5. The molecule has 0 saturated carbocycles. The quantitative estimate of drug-likeness (QED) is 0.542. The van der Waals surface area contributed by atoms with Crippen molar-refractivity contribution in [2.45, 2.75) is 38.9 Å². The maximum atomic E-state index is 13.9. The van der Waals surface area contributed by atoms with Crippen LogP contribution in [-0.4, -0.2) is 42.5 Å². The van der Waals surface area contributed by atoms with Gasteiger partial charge in [-0.3, -0.25) is 14.5 Å². The van der Waals surface area contributed by atoms with E-state index in [1.165, 1.54) is 19.1 Å². The Morgan fingerprint density at radius 2 is 1.79 bits per heavy atom. The first-order valence-corrected chi connectivity index (χ1v) is 12.5. The summed E-state index contributed by atoms with van der Waals surface area (Å²) in [6, 6.07) is 11.1. The number of alkyl halides is 3. The minimum absolute atomic E-state index is 0.0376. The van der Waals surface area contributed by atoms with Gasteiger partial charge in [0.15, 0.2) is 0 Å². The molecule has 1 atom stereocenters. The highest BCUT2D eigenvalue weighted by molar-refractivity contribution is 6.05. The van der Waals surface area contributed by atoms with Gasteiger partial charge in [-0.15, -0.1) is 0 Å². The molecular formula is C28H27F3N4O4. The number of urea groups is 1. The maximum absolute atomic E-state index is 13.9. The number of ether oxygens (including phenoxy) is 1. The second-order valence-corrected chi connectivity index (χ2v) is 9.32. The Hall–Kier alpha value is -4.33. The van der Waals surface area contributed by atoms with Gasteiger partial charge in [0.05, 0.1) is 47.0 Å². The molecule has 2 aromatic rings. The van der Waals surface area contributed by atoms with Crippen LogP contribution in [0.25, 0.3) is 0 Å². The number of piperidine rings is 1. The molecule has 39 heavy (non-hydrogen) atoms. The van der Waals surface area contributed by atoms with Crippen molar-refractivity contribution >= 4 is 23.6 Å². The third kappa shape index (κ3) is 5.74. The van der Waals surface area contributed by atoms with Crippen molar-refractivity contribution < 1.29 is 32.3 Å². The van der Waals surface area contributed by atoms with Crippen LogP contribution < -0.4 is 10.2 Å². The number of likely N-dealkylation sites (tertiary alicyclic amines) is 1. The Balaban J connectivity index is 1.73. The number of nitrogens with one attached hydrogen (secondary N) is 1. The summed E-state index contributed by atoms with van der Waals surface area (Å²) >= 11 is 0. The van der Waals surface area contributed by atoms with E-state index in [2.05, 4.69) is 5.32 Å². The smallest absolute Gasteiger partial charge is 0.416 e. The van der Waals surface area contributed by atoms with Crippen LogP contribution in [-0.2, 0) is 20.5 Å². The predicted octanol–water partition coefficient (Wildman–Crippen LogP) is 4.92. The average molecular weight is 541 g/mol. The molecule has 2 aromatic carbocycles. The first kappa shape index (κ1) is 27.7. The molecule has 1 saturated heterocycles. The van der Waals surface area contributed by atoms with E-state index in [-0.39, 0.29) is 48.5 Å². The van der Waals surface area contributed by atoms with Gasteiger partial charge in [0.1, 0.15) is 0 Å². The Morgan fingerprint density at radius 1 is 1.13 bits per heavy atom. The standard InChI is InChI=1S/C28H27F3N4O4/c1-3-39-26(37)20-11-13-34(14-12-20)25(36)23-17(2)35(22-6-4-5-21(15-22)28(29,30)31)27(38)33-24(23)19-9-7-18(16-32)8-10-19/h4-10,15,20,24H,3,11-14H2,1-2H3,(H,33,38). The van der Waals surface area contributed by atoms with Gasteiger partial charge in [0.25, 0.3) is 5.91 Å². The number of anilines is 1. The number of benzene rings is 2. The predicted molar refractivity (Wildman–Crippen MR) is 135 cm³/mol. The van der Waals surface area contributed by atoms with E-state index in [4.69, 9.17) is 10.00 Å². The van der Waals surface area contributed by atoms with Crippen molar-refractivity contribution in [3.05, 3.63) is 76.5 Å². The van der Waals surface area contributed by atoms with Crippen LogP contribution in [0.4, 0.5) is 23.7 Å². The van der Waals surface area contributed by atoms with Gasteiger partial charge >= 0.3 is 18.2 Å². The molecule has 1 fully saturated rings. The number of halogens is 3. The zero-order valence-corrected chi connectivity index (χ0v) is 21.4. The molecule has 4 rings (SSSR count). The van der Waals surface area contributed by atoms with Crippen LogP contribution in [0.5, 0.6) is 0 Å². The first-order valence-electron chi connectivity index (χ1n) is 12.5. The Bertz CT molecular complexity index is 1340. The molecule has 3 amide bonds. The molecule has 2 aliphatic rings. The van der Waals surface area contributed by atoms with E-state index in [0.717, 1.165) is 17.0 Å². The van der Waals surface area contributed by atoms with E-state index in [0.29, 0.717) is 24.0 Å². The Morgan fingerprint density at radius 3 is 2.38 bits per heavy atom. The number of esters is 1. The second kappa shape index (κ2) is 11.2. The highest BCUT2D eigenvalue weighted by atomic mass is 19.4. The van der Waals surface area contributed by atoms with Crippen molar-refractivity contribution in [2.75, 3.05) is 24.6 Å². The van der Waals surface area contributed by atoms with Gasteiger partial charge in [-0.05, 0) is 62.6 Å². The first-order chi connectivity index (χ1) is 18.5. The molecule has 0 radical (unpaired) electrons. The number of carbonyl (C=O) groups is 3. The number of carbonyl (C=O) groups excluding carboxylic acids is 3. The number of amides is 3.